The van der Waals surface area contributed by atoms with Gasteiger partial charge in [0, 0.05) is 19.0 Å². The van der Waals surface area contributed by atoms with Gasteiger partial charge < -0.3 is 9.84 Å². The minimum absolute atomic E-state index is 0.227. The summed E-state index contributed by atoms with van der Waals surface area (Å²) in [6, 6.07) is 6.63. The third-order valence-corrected chi connectivity index (χ3v) is 5.82. The standard InChI is InChI=1S/C16H25NO4S/c1-12(2)10-14-11-21-16(18)8-9-17(14)22(19,20)15-6-4-13(3)5-7-15/h4-7,12,14,16,18H,8-11H2,1-3H3/t14-,16?/m0/s1. The molecule has 2 rings (SSSR count). The molecule has 22 heavy (non-hydrogen) atoms. The highest BCUT2D eigenvalue weighted by Gasteiger charge is 2.34. The zero-order valence-electron chi connectivity index (χ0n) is 13.4. The third kappa shape index (κ3) is 4.07. The van der Waals surface area contributed by atoms with Crippen LogP contribution in [0.1, 0.15) is 32.3 Å². The first-order valence-corrected chi connectivity index (χ1v) is 9.13. The van der Waals surface area contributed by atoms with E-state index < -0.39 is 16.3 Å². The summed E-state index contributed by atoms with van der Waals surface area (Å²) in [6.45, 7) is 6.53. The van der Waals surface area contributed by atoms with E-state index in [2.05, 4.69) is 13.8 Å². The van der Waals surface area contributed by atoms with E-state index in [1.54, 1.807) is 24.3 Å². The van der Waals surface area contributed by atoms with Crippen LogP contribution in [0.2, 0.25) is 0 Å². The highest BCUT2D eigenvalue weighted by atomic mass is 32.2. The minimum Gasteiger partial charge on any atom is -0.368 e. The van der Waals surface area contributed by atoms with Gasteiger partial charge in [0.05, 0.1) is 11.5 Å². The molecular formula is C16H25NO4S. The summed E-state index contributed by atoms with van der Waals surface area (Å²) in [5, 5.41) is 9.69. The van der Waals surface area contributed by atoms with Gasteiger partial charge in [0.1, 0.15) is 0 Å². The van der Waals surface area contributed by atoms with Crippen molar-refractivity contribution in [3.8, 4) is 0 Å². The second-order valence-electron chi connectivity index (χ2n) is 6.29. The van der Waals surface area contributed by atoms with Crippen LogP contribution in [0.3, 0.4) is 0 Å². The van der Waals surface area contributed by atoms with E-state index in [1.165, 1.54) is 4.31 Å². The number of benzene rings is 1. The van der Waals surface area contributed by atoms with Crippen molar-refractivity contribution in [2.45, 2.75) is 50.8 Å². The molecule has 1 unspecified atom stereocenters. The van der Waals surface area contributed by atoms with Crippen LogP contribution in [0.5, 0.6) is 0 Å². The number of hydrogen-bond donors (Lipinski definition) is 1. The van der Waals surface area contributed by atoms with Gasteiger partial charge in [0.2, 0.25) is 10.0 Å². The quantitative estimate of drug-likeness (QED) is 0.920. The summed E-state index contributed by atoms with van der Waals surface area (Å²) in [6.07, 6.45) is 0.102. The first kappa shape index (κ1) is 17.4. The lowest BCUT2D eigenvalue weighted by molar-refractivity contribution is -0.0981. The van der Waals surface area contributed by atoms with Gasteiger partial charge in [-0.25, -0.2) is 8.42 Å². The summed E-state index contributed by atoms with van der Waals surface area (Å²) in [4.78, 5) is 0.295. The number of nitrogens with zero attached hydrogens (tertiary/aromatic N) is 1. The van der Waals surface area contributed by atoms with E-state index in [1.807, 2.05) is 6.92 Å². The van der Waals surface area contributed by atoms with E-state index in [4.69, 9.17) is 4.74 Å². The van der Waals surface area contributed by atoms with Crippen LogP contribution in [0.15, 0.2) is 29.2 Å². The van der Waals surface area contributed by atoms with Gasteiger partial charge in [-0.3, -0.25) is 0 Å². The van der Waals surface area contributed by atoms with E-state index in [0.29, 0.717) is 23.7 Å². The Bertz CT molecular complexity index is 583. The van der Waals surface area contributed by atoms with Crippen molar-refractivity contribution in [2.24, 2.45) is 5.92 Å². The maximum Gasteiger partial charge on any atom is 0.243 e. The topological polar surface area (TPSA) is 66.8 Å². The molecule has 0 radical (unpaired) electrons. The van der Waals surface area contributed by atoms with E-state index in [-0.39, 0.29) is 19.2 Å². The minimum atomic E-state index is -3.58. The Morgan fingerprint density at radius 3 is 2.55 bits per heavy atom. The van der Waals surface area contributed by atoms with Crippen molar-refractivity contribution >= 4 is 10.0 Å². The van der Waals surface area contributed by atoms with Crippen LogP contribution >= 0.6 is 0 Å². The number of sulfonamides is 1. The van der Waals surface area contributed by atoms with E-state index in [9.17, 15) is 13.5 Å². The maximum absolute atomic E-state index is 12.9. The van der Waals surface area contributed by atoms with Gasteiger partial charge in [0.25, 0.3) is 0 Å². The molecule has 0 bridgehead atoms. The smallest absolute Gasteiger partial charge is 0.243 e. The predicted octanol–water partition coefficient (Wildman–Crippen LogP) is 2.14. The molecule has 0 saturated carbocycles. The fourth-order valence-corrected chi connectivity index (χ4v) is 4.34. The lowest BCUT2D eigenvalue weighted by Gasteiger charge is -2.29. The molecule has 1 N–H and O–H groups in total. The van der Waals surface area contributed by atoms with Crippen molar-refractivity contribution < 1.29 is 18.3 Å². The molecule has 1 heterocycles. The Labute approximate surface area is 133 Å². The monoisotopic (exact) mass is 327 g/mol. The molecule has 1 fully saturated rings. The van der Waals surface area contributed by atoms with Crippen molar-refractivity contribution in [3.63, 3.8) is 0 Å². The zero-order valence-corrected chi connectivity index (χ0v) is 14.2. The van der Waals surface area contributed by atoms with Gasteiger partial charge in [-0.15, -0.1) is 0 Å². The normalized spacial score (nSPS) is 24.4. The van der Waals surface area contributed by atoms with Crippen molar-refractivity contribution in [2.75, 3.05) is 13.2 Å². The van der Waals surface area contributed by atoms with E-state index >= 15 is 0 Å². The van der Waals surface area contributed by atoms with Crippen LogP contribution in [-0.2, 0) is 14.8 Å². The lowest BCUT2D eigenvalue weighted by atomic mass is 10.0. The van der Waals surface area contributed by atoms with Gasteiger partial charge >= 0.3 is 0 Å². The lowest BCUT2D eigenvalue weighted by Crippen LogP contribution is -2.42. The molecule has 1 aliphatic heterocycles. The second kappa shape index (κ2) is 7.08. The molecular weight excluding hydrogens is 302 g/mol. The van der Waals surface area contributed by atoms with Crippen molar-refractivity contribution in [1.29, 1.82) is 0 Å². The first-order chi connectivity index (χ1) is 10.3. The zero-order chi connectivity index (χ0) is 16.3. The summed E-state index contributed by atoms with van der Waals surface area (Å²) in [7, 11) is -3.58. The van der Waals surface area contributed by atoms with Crippen LogP contribution in [-0.4, -0.2) is 43.3 Å². The average Bonchev–Trinajstić information content (AvgIpc) is 2.61. The largest absolute Gasteiger partial charge is 0.368 e. The fourth-order valence-electron chi connectivity index (χ4n) is 2.70. The molecule has 0 aromatic heterocycles. The highest BCUT2D eigenvalue weighted by Crippen LogP contribution is 2.25. The highest BCUT2D eigenvalue weighted by molar-refractivity contribution is 7.89. The maximum atomic E-state index is 12.9. The third-order valence-electron chi connectivity index (χ3n) is 3.86. The number of hydrogen-bond acceptors (Lipinski definition) is 4. The Balaban J connectivity index is 2.33. The van der Waals surface area contributed by atoms with Crippen molar-refractivity contribution in [3.05, 3.63) is 29.8 Å². The molecule has 0 aliphatic carbocycles. The molecule has 1 aliphatic rings. The molecule has 0 amide bonds. The second-order valence-corrected chi connectivity index (χ2v) is 8.18. The van der Waals surface area contributed by atoms with Crippen LogP contribution in [0.25, 0.3) is 0 Å². The molecule has 1 saturated heterocycles. The SMILES string of the molecule is Cc1ccc(S(=O)(=O)N2CCC(O)OC[C@@H]2CC(C)C)cc1. The molecule has 1 aromatic carbocycles. The van der Waals surface area contributed by atoms with Crippen molar-refractivity contribution in [1.82, 2.24) is 4.31 Å². The summed E-state index contributed by atoms with van der Waals surface area (Å²) in [5.41, 5.74) is 1.02. The summed E-state index contributed by atoms with van der Waals surface area (Å²) >= 11 is 0. The Kier molecular flexibility index (Phi) is 5.60. The predicted molar refractivity (Wildman–Crippen MR) is 84.9 cm³/mol. The molecule has 0 spiro atoms. The summed E-state index contributed by atoms with van der Waals surface area (Å²) in [5.74, 6) is 0.347. The molecule has 1 aromatic rings. The van der Waals surface area contributed by atoms with Gasteiger partial charge in [0.15, 0.2) is 6.29 Å². The Morgan fingerprint density at radius 2 is 1.95 bits per heavy atom. The average molecular weight is 327 g/mol. The number of aliphatic hydroxyl groups is 1. The van der Waals surface area contributed by atoms with Gasteiger partial charge in [-0.2, -0.15) is 4.31 Å². The van der Waals surface area contributed by atoms with E-state index in [0.717, 1.165) is 5.56 Å². The summed E-state index contributed by atoms with van der Waals surface area (Å²) < 4.78 is 32.7. The number of aryl methyl sites for hydroxylation is 1. The van der Waals surface area contributed by atoms with Gasteiger partial charge in [-0.05, 0) is 31.4 Å². The molecule has 6 heteroatoms. The van der Waals surface area contributed by atoms with Crippen LogP contribution in [0.4, 0.5) is 0 Å². The number of ether oxygens (including phenoxy) is 1. The Hall–Kier alpha value is -0.950. The van der Waals surface area contributed by atoms with Crippen LogP contribution < -0.4 is 0 Å². The van der Waals surface area contributed by atoms with Crippen LogP contribution in [0, 0.1) is 12.8 Å². The number of rotatable bonds is 4. The number of aliphatic hydroxyl groups excluding tert-OH is 1. The first-order valence-electron chi connectivity index (χ1n) is 7.69. The molecule has 124 valence electrons. The van der Waals surface area contributed by atoms with Gasteiger partial charge in [-0.1, -0.05) is 31.5 Å². The Morgan fingerprint density at radius 1 is 1.32 bits per heavy atom. The molecule has 2 atom stereocenters. The molecule has 5 nitrogen and oxygen atoms in total. The fraction of sp³-hybridized carbons (Fsp3) is 0.625.